The smallest absolute Gasteiger partial charge is 0.340 e. The second-order valence-electron chi connectivity index (χ2n) is 5.50. The van der Waals surface area contributed by atoms with Crippen LogP contribution in [0.1, 0.15) is 36.5 Å². The number of rotatable bonds is 5. The molecule has 1 atom stereocenters. The Hall–Kier alpha value is -1.75. The van der Waals surface area contributed by atoms with Gasteiger partial charge in [-0.3, -0.25) is 0 Å². The highest BCUT2D eigenvalue weighted by molar-refractivity contribution is 5.98. The van der Waals surface area contributed by atoms with Crippen molar-refractivity contribution in [2.45, 2.75) is 32.2 Å². The molecule has 21 heavy (non-hydrogen) atoms. The average Bonchev–Trinajstić information content (AvgIpc) is 2.47. The number of likely N-dealkylation sites (N-methyl/N-ethyl adjacent to an activating group) is 1. The van der Waals surface area contributed by atoms with Crippen LogP contribution in [-0.4, -0.2) is 43.7 Å². The molecule has 0 aromatic heterocycles. The van der Waals surface area contributed by atoms with Crippen molar-refractivity contribution in [3.63, 3.8) is 0 Å². The number of nitrogens with two attached hydrogens (primary N) is 1. The van der Waals surface area contributed by atoms with Crippen molar-refractivity contribution >= 4 is 17.3 Å². The SMILES string of the molecule is CCOC(=O)c1cccc(N)c1NCC1CCCCN1C. The fraction of sp³-hybridized carbons (Fsp3) is 0.562. The van der Waals surface area contributed by atoms with Gasteiger partial charge in [-0.2, -0.15) is 0 Å². The van der Waals surface area contributed by atoms with Gasteiger partial charge in [-0.1, -0.05) is 12.5 Å². The van der Waals surface area contributed by atoms with Crippen LogP contribution in [0.4, 0.5) is 11.4 Å². The van der Waals surface area contributed by atoms with E-state index in [9.17, 15) is 4.79 Å². The number of nitrogens with zero attached hydrogens (tertiary/aromatic N) is 1. The summed E-state index contributed by atoms with van der Waals surface area (Å²) in [6.45, 7) is 4.07. The van der Waals surface area contributed by atoms with Gasteiger partial charge < -0.3 is 20.7 Å². The molecular weight excluding hydrogens is 266 g/mol. The quantitative estimate of drug-likeness (QED) is 0.644. The Bertz CT molecular complexity index is 490. The van der Waals surface area contributed by atoms with Gasteiger partial charge in [0.2, 0.25) is 0 Å². The topological polar surface area (TPSA) is 67.6 Å². The molecule has 0 bridgehead atoms. The molecule has 5 heteroatoms. The molecule has 1 unspecified atom stereocenters. The molecule has 1 fully saturated rings. The lowest BCUT2D eigenvalue weighted by Crippen LogP contribution is -2.41. The molecule has 116 valence electrons. The molecule has 1 aromatic carbocycles. The molecule has 0 spiro atoms. The van der Waals surface area contributed by atoms with Crippen molar-refractivity contribution in [3.05, 3.63) is 23.8 Å². The molecule has 1 aromatic rings. The van der Waals surface area contributed by atoms with Crippen LogP contribution in [0.15, 0.2) is 18.2 Å². The highest BCUT2D eigenvalue weighted by Gasteiger charge is 2.20. The highest BCUT2D eigenvalue weighted by Crippen LogP contribution is 2.25. The number of piperidine rings is 1. The van der Waals surface area contributed by atoms with Crippen molar-refractivity contribution in [1.29, 1.82) is 0 Å². The summed E-state index contributed by atoms with van der Waals surface area (Å²) in [4.78, 5) is 14.4. The summed E-state index contributed by atoms with van der Waals surface area (Å²) >= 11 is 0. The monoisotopic (exact) mass is 291 g/mol. The van der Waals surface area contributed by atoms with Gasteiger partial charge in [-0.25, -0.2) is 4.79 Å². The summed E-state index contributed by atoms with van der Waals surface area (Å²) in [5.41, 5.74) is 7.80. The molecule has 0 radical (unpaired) electrons. The Morgan fingerprint density at radius 1 is 1.48 bits per heavy atom. The molecule has 0 saturated carbocycles. The van der Waals surface area contributed by atoms with E-state index in [1.54, 1.807) is 25.1 Å². The summed E-state index contributed by atoms with van der Waals surface area (Å²) in [5, 5.41) is 3.35. The van der Waals surface area contributed by atoms with E-state index in [0.717, 1.165) is 13.1 Å². The van der Waals surface area contributed by atoms with Crippen LogP contribution in [0.2, 0.25) is 0 Å². The first-order chi connectivity index (χ1) is 10.1. The third-order valence-electron chi connectivity index (χ3n) is 4.03. The van der Waals surface area contributed by atoms with E-state index in [1.165, 1.54) is 19.3 Å². The molecule has 5 nitrogen and oxygen atoms in total. The van der Waals surface area contributed by atoms with Crippen LogP contribution < -0.4 is 11.1 Å². The van der Waals surface area contributed by atoms with Crippen LogP contribution in [0.25, 0.3) is 0 Å². The minimum Gasteiger partial charge on any atom is -0.462 e. The molecule has 2 rings (SSSR count). The maximum absolute atomic E-state index is 12.0. The van der Waals surface area contributed by atoms with E-state index in [-0.39, 0.29) is 5.97 Å². The summed E-state index contributed by atoms with van der Waals surface area (Å²) in [7, 11) is 2.14. The van der Waals surface area contributed by atoms with Crippen LogP contribution in [0.3, 0.4) is 0 Å². The molecule has 1 saturated heterocycles. The second kappa shape index (κ2) is 7.31. The van der Waals surface area contributed by atoms with Gasteiger partial charge in [0.15, 0.2) is 0 Å². The van der Waals surface area contributed by atoms with E-state index in [2.05, 4.69) is 17.3 Å². The number of hydrogen-bond donors (Lipinski definition) is 2. The Morgan fingerprint density at radius 3 is 3.00 bits per heavy atom. The third-order valence-corrected chi connectivity index (χ3v) is 4.03. The lowest BCUT2D eigenvalue weighted by Gasteiger charge is -2.33. The van der Waals surface area contributed by atoms with Crippen LogP contribution >= 0.6 is 0 Å². The standard InChI is InChI=1S/C16H25N3O2/c1-3-21-16(20)13-8-6-9-14(17)15(13)18-11-12-7-4-5-10-19(12)2/h6,8-9,12,18H,3-5,7,10-11,17H2,1-2H3. The number of benzene rings is 1. The van der Waals surface area contributed by atoms with E-state index >= 15 is 0 Å². The first-order valence-corrected chi connectivity index (χ1v) is 7.63. The normalized spacial score (nSPS) is 19.2. The summed E-state index contributed by atoms with van der Waals surface area (Å²) in [5.74, 6) is -0.329. The number of anilines is 2. The van der Waals surface area contributed by atoms with Crippen LogP contribution in [0.5, 0.6) is 0 Å². The van der Waals surface area contributed by atoms with Crippen LogP contribution in [0, 0.1) is 0 Å². The van der Waals surface area contributed by atoms with E-state index in [0.29, 0.717) is 29.6 Å². The Kier molecular flexibility index (Phi) is 5.44. The fourth-order valence-electron chi connectivity index (χ4n) is 2.77. The molecule has 0 amide bonds. The van der Waals surface area contributed by atoms with E-state index < -0.39 is 0 Å². The summed E-state index contributed by atoms with van der Waals surface area (Å²) in [6.07, 6.45) is 3.69. The number of esters is 1. The Labute approximate surface area is 126 Å². The van der Waals surface area contributed by atoms with Crippen LogP contribution in [-0.2, 0) is 4.74 Å². The molecule has 0 aliphatic carbocycles. The summed E-state index contributed by atoms with van der Waals surface area (Å²) in [6, 6.07) is 5.81. The largest absolute Gasteiger partial charge is 0.462 e. The average molecular weight is 291 g/mol. The summed E-state index contributed by atoms with van der Waals surface area (Å²) < 4.78 is 5.09. The molecule has 3 N–H and O–H groups in total. The fourth-order valence-corrected chi connectivity index (χ4v) is 2.77. The van der Waals surface area contributed by atoms with Gasteiger partial charge in [-0.05, 0) is 45.5 Å². The van der Waals surface area contributed by atoms with Gasteiger partial charge in [0.1, 0.15) is 0 Å². The van der Waals surface area contributed by atoms with Crippen molar-refractivity contribution in [1.82, 2.24) is 4.90 Å². The zero-order chi connectivity index (χ0) is 15.2. The first-order valence-electron chi connectivity index (χ1n) is 7.63. The number of likely N-dealkylation sites (tertiary alicyclic amines) is 1. The molecular formula is C16H25N3O2. The predicted molar refractivity (Wildman–Crippen MR) is 85.6 cm³/mol. The van der Waals surface area contributed by atoms with Gasteiger partial charge in [0.25, 0.3) is 0 Å². The van der Waals surface area contributed by atoms with Gasteiger partial charge >= 0.3 is 5.97 Å². The minimum absolute atomic E-state index is 0.329. The molecule has 1 aliphatic heterocycles. The maximum atomic E-state index is 12.0. The number of ether oxygens (including phenoxy) is 1. The van der Waals surface area contributed by atoms with Gasteiger partial charge in [0, 0.05) is 12.6 Å². The van der Waals surface area contributed by atoms with E-state index in [4.69, 9.17) is 10.5 Å². The maximum Gasteiger partial charge on any atom is 0.340 e. The lowest BCUT2D eigenvalue weighted by atomic mass is 10.0. The predicted octanol–water partition coefficient (Wildman–Crippen LogP) is 2.34. The van der Waals surface area contributed by atoms with E-state index in [1.807, 2.05) is 0 Å². The highest BCUT2D eigenvalue weighted by atomic mass is 16.5. The zero-order valence-corrected chi connectivity index (χ0v) is 12.9. The minimum atomic E-state index is -0.329. The number of carbonyl (C=O) groups is 1. The number of para-hydroxylation sites is 1. The zero-order valence-electron chi connectivity index (χ0n) is 12.9. The van der Waals surface area contributed by atoms with Gasteiger partial charge in [0.05, 0.1) is 23.5 Å². The third kappa shape index (κ3) is 3.88. The second-order valence-corrected chi connectivity index (χ2v) is 5.50. The van der Waals surface area contributed by atoms with Gasteiger partial charge in [-0.15, -0.1) is 0 Å². The van der Waals surface area contributed by atoms with Crippen molar-refractivity contribution in [3.8, 4) is 0 Å². The number of hydrogen-bond acceptors (Lipinski definition) is 5. The number of nitrogen functional groups attached to an aromatic ring is 1. The Morgan fingerprint density at radius 2 is 2.29 bits per heavy atom. The van der Waals surface area contributed by atoms with Crippen molar-refractivity contribution in [2.24, 2.45) is 0 Å². The van der Waals surface area contributed by atoms with Crippen molar-refractivity contribution in [2.75, 3.05) is 37.8 Å². The Balaban J connectivity index is 2.09. The van der Waals surface area contributed by atoms with Crippen molar-refractivity contribution < 1.29 is 9.53 Å². The lowest BCUT2D eigenvalue weighted by molar-refractivity contribution is 0.0527. The molecule has 1 heterocycles. The number of carbonyl (C=O) groups excluding carboxylic acids is 1. The molecule has 1 aliphatic rings. The first kappa shape index (κ1) is 15.6. The number of nitrogens with one attached hydrogen (secondary N) is 1.